The van der Waals surface area contributed by atoms with Crippen LogP contribution in [-0.2, 0) is 24.8 Å². The first-order valence-electron chi connectivity index (χ1n) is 13.4. The molecule has 0 saturated heterocycles. The van der Waals surface area contributed by atoms with Crippen molar-refractivity contribution in [2.75, 3.05) is 11.9 Å². The third-order valence-electron chi connectivity index (χ3n) is 7.18. The van der Waals surface area contributed by atoms with Crippen LogP contribution in [0.2, 0.25) is 15.1 Å². The van der Waals surface area contributed by atoms with E-state index in [1.165, 1.54) is 36.4 Å². The van der Waals surface area contributed by atoms with Crippen molar-refractivity contribution >= 4 is 63.3 Å². The molecule has 0 spiro atoms. The van der Waals surface area contributed by atoms with Gasteiger partial charge in [-0.3, -0.25) is 9.59 Å². The molecule has 0 aliphatic rings. The highest BCUT2D eigenvalue weighted by Crippen LogP contribution is 2.38. The van der Waals surface area contributed by atoms with Crippen molar-refractivity contribution in [1.82, 2.24) is 14.9 Å². The summed E-state index contributed by atoms with van der Waals surface area (Å²) in [6, 6.07) is 9.12. The van der Waals surface area contributed by atoms with Gasteiger partial charge >= 0.3 is 6.18 Å². The molecule has 0 bridgehead atoms. The third-order valence-corrected chi connectivity index (χ3v) is 8.29. The van der Waals surface area contributed by atoms with Gasteiger partial charge < -0.3 is 19.9 Å². The molecule has 0 radical (unpaired) electrons. The van der Waals surface area contributed by atoms with Gasteiger partial charge in [0.15, 0.2) is 0 Å². The lowest BCUT2D eigenvalue weighted by atomic mass is 9.91. The maximum absolute atomic E-state index is 13.6. The van der Waals surface area contributed by atoms with Gasteiger partial charge in [0.1, 0.15) is 29.4 Å². The SMILES string of the molecule is Cn1c(Cc2c(Cl)ccc(CNC(=O)C(C)(C)C(F)(F)F)c2Cl)nc2cc(C(=O)Nc3ccc(F)c(Cl)c3)c(OCC(F)F)cc21. The Morgan fingerprint density at radius 3 is 2.35 bits per heavy atom. The van der Waals surface area contributed by atoms with Crippen molar-refractivity contribution in [1.29, 1.82) is 0 Å². The number of carbonyl (C=O) groups excluding carboxylic acids is 2. The van der Waals surface area contributed by atoms with E-state index in [4.69, 9.17) is 39.5 Å². The number of rotatable bonds is 10. The summed E-state index contributed by atoms with van der Waals surface area (Å²) in [4.78, 5) is 30.0. The molecule has 0 unspecified atom stereocenters. The Morgan fingerprint density at radius 1 is 1.02 bits per heavy atom. The van der Waals surface area contributed by atoms with Crippen LogP contribution in [-0.4, -0.2) is 40.6 Å². The molecule has 246 valence electrons. The minimum absolute atomic E-state index is 0.00150. The van der Waals surface area contributed by atoms with Gasteiger partial charge in [0.2, 0.25) is 5.91 Å². The minimum Gasteiger partial charge on any atom is -0.487 e. The smallest absolute Gasteiger partial charge is 0.402 e. The number of nitrogens with zero attached hydrogens (tertiary/aromatic N) is 2. The van der Waals surface area contributed by atoms with Crippen LogP contribution in [0.3, 0.4) is 0 Å². The number of hydrogen-bond donors (Lipinski definition) is 2. The number of aryl methyl sites for hydroxylation is 1. The molecule has 2 N–H and O–H groups in total. The third kappa shape index (κ3) is 7.48. The van der Waals surface area contributed by atoms with Crippen molar-refractivity contribution in [2.24, 2.45) is 12.5 Å². The largest absolute Gasteiger partial charge is 0.487 e. The van der Waals surface area contributed by atoms with Crippen molar-refractivity contribution < 1.29 is 40.7 Å². The molecule has 46 heavy (non-hydrogen) atoms. The van der Waals surface area contributed by atoms with Gasteiger partial charge in [-0.25, -0.2) is 18.2 Å². The maximum atomic E-state index is 13.6. The molecule has 4 rings (SSSR count). The number of benzene rings is 3. The fraction of sp³-hybridized carbons (Fsp3) is 0.300. The summed E-state index contributed by atoms with van der Waals surface area (Å²) in [6.07, 6.45) is -7.61. The summed E-state index contributed by atoms with van der Waals surface area (Å²) < 4.78 is 86.4. The Balaban J connectivity index is 1.66. The number of alkyl halides is 5. The quantitative estimate of drug-likeness (QED) is 0.162. The standard InChI is InChI=1S/C30H25Cl3F6N4O3/c1-29(2,30(37,38)39)28(45)40-12-14-4-6-18(31)16(26(14)33)10-25-42-21-9-17(23(46-13-24(35)36)11-22(21)43(25)3)27(44)41-15-5-7-20(34)19(32)8-15/h4-9,11,24H,10,12-13H2,1-3H3,(H,40,45)(H,41,44). The van der Waals surface area contributed by atoms with Gasteiger partial charge in [-0.1, -0.05) is 40.9 Å². The van der Waals surface area contributed by atoms with Crippen LogP contribution in [0.25, 0.3) is 11.0 Å². The highest BCUT2D eigenvalue weighted by molar-refractivity contribution is 6.36. The number of fused-ring (bicyclic) bond motifs is 1. The molecule has 0 fully saturated rings. The lowest BCUT2D eigenvalue weighted by molar-refractivity contribution is -0.211. The Bertz CT molecular complexity index is 1810. The van der Waals surface area contributed by atoms with Crippen LogP contribution in [0.15, 0.2) is 42.5 Å². The fourth-order valence-electron chi connectivity index (χ4n) is 4.28. The number of nitrogens with one attached hydrogen (secondary N) is 2. The van der Waals surface area contributed by atoms with Crippen LogP contribution in [0.1, 0.15) is 41.2 Å². The first-order chi connectivity index (χ1) is 21.4. The number of hydrogen-bond acceptors (Lipinski definition) is 4. The number of halogens is 9. The van der Waals surface area contributed by atoms with Gasteiger partial charge in [0.05, 0.1) is 26.6 Å². The molecule has 1 aromatic heterocycles. The summed E-state index contributed by atoms with van der Waals surface area (Å²) in [5.74, 6) is -2.53. The predicted octanol–water partition coefficient (Wildman–Crippen LogP) is 8.36. The molecule has 0 aliphatic heterocycles. The number of aromatic nitrogens is 2. The Morgan fingerprint density at radius 2 is 1.72 bits per heavy atom. The lowest BCUT2D eigenvalue weighted by Crippen LogP contribution is -2.46. The van der Waals surface area contributed by atoms with Crippen LogP contribution >= 0.6 is 34.8 Å². The number of ether oxygens (including phenoxy) is 1. The van der Waals surface area contributed by atoms with Gasteiger partial charge in [-0.15, -0.1) is 0 Å². The molecule has 2 amide bonds. The second-order valence-electron chi connectivity index (χ2n) is 10.7. The first kappa shape index (κ1) is 35.2. The topological polar surface area (TPSA) is 85.2 Å². The van der Waals surface area contributed by atoms with Crippen LogP contribution in [0.5, 0.6) is 5.75 Å². The molecular weight excluding hydrogens is 685 g/mol. The van der Waals surface area contributed by atoms with E-state index in [9.17, 15) is 35.9 Å². The molecule has 16 heteroatoms. The maximum Gasteiger partial charge on any atom is 0.402 e. The van der Waals surface area contributed by atoms with Crippen molar-refractivity contribution in [3.63, 3.8) is 0 Å². The first-order valence-corrected chi connectivity index (χ1v) is 14.5. The zero-order chi connectivity index (χ0) is 34.1. The van der Waals surface area contributed by atoms with Crippen LogP contribution in [0.4, 0.5) is 32.0 Å². The number of anilines is 1. The molecule has 4 aromatic rings. The van der Waals surface area contributed by atoms with E-state index in [1.54, 1.807) is 11.6 Å². The number of amides is 2. The summed E-state index contributed by atoms with van der Waals surface area (Å²) in [5.41, 5.74) is -1.33. The highest BCUT2D eigenvalue weighted by atomic mass is 35.5. The normalized spacial score (nSPS) is 12.1. The summed E-state index contributed by atoms with van der Waals surface area (Å²) in [6.45, 7) is 0.209. The van der Waals surface area contributed by atoms with Gasteiger partial charge in [-0.2, -0.15) is 13.2 Å². The van der Waals surface area contributed by atoms with E-state index in [0.29, 0.717) is 22.5 Å². The minimum atomic E-state index is -4.77. The van der Waals surface area contributed by atoms with Crippen LogP contribution in [0, 0.1) is 11.2 Å². The van der Waals surface area contributed by atoms with Gasteiger partial charge in [-0.05, 0) is 55.3 Å². The Hall–Kier alpha value is -3.68. The molecule has 1 heterocycles. The Labute approximate surface area is 273 Å². The molecule has 0 saturated carbocycles. The Kier molecular flexibility index (Phi) is 10.4. The summed E-state index contributed by atoms with van der Waals surface area (Å²) >= 11 is 18.8. The second kappa shape index (κ2) is 13.6. The highest BCUT2D eigenvalue weighted by Gasteiger charge is 2.52. The number of carbonyl (C=O) groups is 2. The van der Waals surface area contributed by atoms with Crippen LogP contribution < -0.4 is 15.4 Å². The van der Waals surface area contributed by atoms with E-state index in [2.05, 4.69) is 15.6 Å². The fourth-order valence-corrected chi connectivity index (χ4v) is 5.03. The van der Waals surface area contributed by atoms with E-state index in [1.807, 2.05) is 0 Å². The zero-order valence-electron chi connectivity index (χ0n) is 24.3. The molecule has 0 atom stereocenters. The monoisotopic (exact) mass is 708 g/mol. The second-order valence-corrected chi connectivity index (χ2v) is 11.9. The molecular formula is C30H25Cl3F6N4O3. The summed E-state index contributed by atoms with van der Waals surface area (Å²) in [7, 11) is 1.62. The van der Waals surface area contributed by atoms with Gasteiger partial charge in [0, 0.05) is 36.8 Å². The van der Waals surface area contributed by atoms with E-state index < -0.39 is 42.3 Å². The van der Waals surface area contributed by atoms with E-state index >= 15 is 0 Å². The predicted molar refractivity (Wildman–Crippen MR) is 163 cm³/mol. The zero-order valence-corrected chi connectivity index (χ0v) is 26.5. The van der Waals surface area contributed by atoms with E-state index in [-0.39, 0.29) is 50.6 Å². The molecule has 7 nitrogen and oxygen atoms in total. The summed E-state index contributed by atoms with van der Waals surface area (Å²) in [5, 5.41) is 4.83. The molecule has 0 aliphatic carbocycles. The van der Waals surface area contributed by atoms with Crippen molar-refractivity contribution in [2.45, 2.75) is 39.4 Å². The lowest BCUT2D eigenvalue weighted by Gasteiger charge is -2.26. The molecule has 3 aromatic carbocycles. The number of imidazole rings is 1. The van der Waals surface area contributed by atoms with E-state index in [0.717, 1.165) is 19.9 Å². The van der Waals surface area contributed by atoms with Crippen molar-refractivity contribution in [3.8, 4) is 5.75 Å². The average molecular weight is 710 g/mol. The average Bonchev–Trinajstić information content (AvgIpc) is 3.28. The van der Waals surface area contributed by atoms with Crippen molar-refractivity contribution in [3.05, 3.63) is 85.9 Å². The van der Waals surface area contributed by atoms with Gasteiger partial charge in [0.25, 0.3) is 12.3 Å².